The van der Waals surface area contributed by atoms with E-state index < -0.39 is 0 Å². The lowest BCUT2D eigenvalue weighted by Crippen LogP contribution is -1.92. The quantitative estimate of drug-likeness (QED) is 0.636. The van der Waals surface area contributed by atoms with Crippen LogP contribution < -0.4 is 0 Å². The molecule has 2 heteroatoms. The largest absolute Gasteiger partial charge is 0.295 e. The molecule has 1 rings (SSSR count). The third-order valence-corrected chi connectivity index (χ3v) is 2.02. The van der Waals surface area contributed by atoms with Crippen molar-refractivity contribution in [3.63, 3.8) is 0 Å². The molecule has 0 aromatic carbocycles. The highest BCUT2D eigenvalue weighted by atomic mass is 127. The average Bonchev–Trinajstić information content (AvgIpc) is 2.14. The van der Waals surface area contributed by atoms with Crippen LogP contribution in [-0.4, -0.2) is 5.78 Å². The molecule has 48 valence electrons. The smallest absolute Gasteiger partial charge is 0.156 e. The predicted octanol–water partition coefficient (Wildman–Crippen LogP) is 2.22. The lowest BCUT2D eigenvalue weighted by molar-refractivity contribution is -0.113. The number of carbonyl (C=O) groups is 1. The Balaban J connectivity index is 2.64. The Bertz CT molecular complexity index is 201. The number of ketones is 1. The molecule has 0 atom stereocenters. The van der Waals surface area contributed by atoms with Gasteiger partial charge in [-0.2, -0.15) is 0 Å². The Kier molecular flexibility index (Phi) is 2.05. The van der Waals surface area contributed by atoms with Crippen molar-refractivity contribution in [2.45, 2.75) is 13.3 Å². The van der Waals surface area contributed by atoms with Gasteiger partial charge >= 0.3 is 0 Å². The minimum absolute atomic E-state index is 0.193. The topological polar surface area (TPSA) is 17.1 Å². The van der Waals surface area contributed by atoms with Crippen LogP contribution >= 0.6 is 22.6 Å². The molecule has 0 bridgehead atoms. The number of halogens is 1. The fourth-order valence-electron chi connectivity index (χ4n) is 0.733. The van der Waals surface area contributed by atoms with E-state index >= 15 is 0 Å². The van der Waals surface area contributed by atoms with Gasteiger partial charge in [0.2, 0.25) is 0 Å². The SMILES string of the molecule is CC(=O)C1=CC=C(I)C1. The maximum atomic E-state index is 10.7. The fraction of sp³-hybridized carbons (Fsp3) is 0.286. The molecule has 0 spiro atoms. The van der Waals surface area contributed by atoms with Crippen molar-refractivity contribution in [3.05, 3.63) is 21.3 Å². The Hall–Kier alpha value is -0.120. The molecule has 0 saturated carbocycles. The second-order valence-electron chi connectivity index (χ2n) is 2.04. The van der Waals surface area contributed by atoms with E-state index in [1.165, 1.54) is 3.58 Å². The van der Waals surface area contributed by atoms with Crippen molar-refractivity contribution in [1.82, 2.24) is 0 Å². The van der Waals surface area contributed by atoms with Crippen molar-refractivity contribution < 1.29 is 4.79 Å². The van der Waals surface area contributed by atoms with E-state index in [0.717, 1.165) is 12.0 Å². The molecular weight excluding hydrogens is 227 g/mol. The van der Waals surface area contributed by atoms with E-state index in [0.29, 0.717) is 0 Å². The standard InChI is InChI=1S/C7H7IO/c1-5(9)6-2-3-7(8)4-6/h2-3H,4H2,1H3. The van der Waals surface area contributed by atoms with Crippen LogP contribution in [-0.2, 0) is 4.79 Å². The summed E-state index contributed by atoms with van der Waals surface area (Å²) < 4.78 is 1.25. The molecule has 0 fully saturated rings. The second-order valence-corrected chi connectivity index (χ2v) is 3.42. The zero-order valence-electron chi connectivity index (χ0n) is 5.15. The van der Waals surface area contributed by atoms with Gasteiger partial charge in [0.15, 0.2) is 5.78 Å². The minimum Gasteiger partial charge on any atom is -0.295 e. The van der Waals surface area contributed by atoms with E-state index in [1.54, 1.807) is 6.92 Å². The van der Waals surface area contributed by atoms with Crippen LogP contribution in [0.1, 0.15) is 13.3 Å². The lowest BCUT2D eigenvalue weighted by atomic mass is 10.2. The van der Waals surface area contributed by atoms with Gasteiger partial charge in [0.1, 0.15) is 0 Å². The van der Waals surface area contributed by atoms with E-state index in [4.69, 9.17) is 0 Å². The van der Waals surface area contributed by atoms with Crippen molar-refractivity contribution in [2.75, 3.05) is 0 Å². The number of Topliss-reactive ketones (excluding diaryl/α,β-unsaturated/α-hetero) is 1. The van der Waals surface area contributed by atoms with Gasteiger partial charge in [-0.1, -0.05) is 12.2 Å². The van der Waals surface area contributed by atoms with Gasteiger partial charge < -0.3 is 0 Å². The Morgan fingerprint density at radius 3 is 2.56 bits per heavy atom. The fourth-order valence-corrected chi connectivity index (χ4v) is 1.32. The van der Waals surface area contributed by atoms with Gasteiger partial charge in [0.25, 0.3) is 0 Å². The van der Waals surface area contributed by atoms with Crippen molar-refractivity contribution >= 4 is 28.4 Å². The molecule has 0 heterocycles. The first kappa shape index (κ1) is 6.99. The first-order valence-electron chi connectivity index (χ1n) is 2.76. The summed E-state index contributed by atoms with van der Waals surface area (Å²) in [6, 6.07) is 0. The average molecular weight is 234 g/mol. The maximum absolute atomic E-state index is 10.7. The minimum atomic E-state index is 0.193. The highest BCUT2D eigenvalue weighted by molar-refractivity contribution is 14.1. The highest BCUT2D eigenvalue weighted by Gasteiger charge is 2.08. The van der Waals surface area contributed by atoms with Crippen LogP contribution in [0.25, 0.3) is 0 Å². The molecule has 0 aromatic rings. The molecule has 0 radical (unpaired) electrons. The highest BCUT2D eigenvalue weighted by Crippen LogP contribution is 2.24. The number of hydrogen-bond acceptors (Lipinski definition) is 1. The Labute approximate surface area is 68.0 Å². The molecule has 9 heavy (non-hydrogen) atoms. The predicted molar refractivity (Wildman–Crippen MR) is 45.5 cm³/mol. The van der Waals surface area contributed by atoms with Crippen LogP contribution in [0, 0.1) is 0 Å². The zero-order chi connectivity index (χ0) is 6.85. The summed E-state index contributed by atoms with van der Waals surface area (Å²) in [7, 11) is 0. The zero-order valence-corrected chi connectivity index (χ0v) is 7.31. The third kappa shape index (κ3) is 1.64. The molecule has 0 amide bonds. The summed E-state index contributed by atoms with van der Waals surface area (Å²) in [6.45, 7) is 1.61. The van der Waals surface area contributed by atoms with Crippen LogP contribution in [0.15, 0.2) is 21.3 Å². The van der Waals surface area contributed by atoms with Gasteiger partial charge in [0, 0.05) is 6.42 Å². The molecule has 0 unspecified atom stereocenters. The van der Waals surface area contributed by atoms with Crippen molar-refractivity contribution in [2.24, 2.45) is 0 Å². The molecule has 1 aliphatic rings. The molecule has 0 aliphatic heterocycles. The summed E-state index contributed by atoms with van der Waals surface area (Å²) in [6.07, 6.45) is 4.72. The number of hydrogen-bond donors (Lipinski definition) is 0. The van der Waals surface area contributed by atoms with Gasteiger partial charge in [-0.15, -0.1) is 0 Å². The van der Waals surface area contributed by atoms with E-state index in [-0.39, 0.29) is 5.78 Å². The monoisotopic (exact) mass is 234 g/mol. The lowest BCUT2D eigenvalue weighted by Gasteiger charge is -1.91. The van der Waals surface area contributed by atoms with Gasteiger partial charge in [-0.25, -0.2) is 0 Å². The number of carbonyl (C=O) groups excluding carboxylic acids is 1. The van der Waals surface area contributed by atoms with Crippen LogP contribution in [0.3, 0.4) is 0 Å². The maximum Gasteiger partial charge on any atom is 0.156 e. The van der Waals surface area contributed by atoms with Crippen molar-refractivity contribution in [1.29, 1.82) is 0 Å². The van der Waals surface area contributed by atoms with Crippen molar-refractivity contribution in [3.8, 4) is 0 Å². The normalized spacial score (nSPS) is 17.1. The van der Waals surface area contributed by atoms with Crippen LogP contribution in [0.5, 0.6) is 0 Å². The molecule has 0 N–H and O–H groups in total. The Morgan fingerprint density at radius 2 is 2.33 bits per heavy atom. The van der Waals surface area contributed by atoms with E-state index in [2.05, 4.69) is 22.6 Å². The third-order valence-electron chi connectivity index (χ3n) is 1.28. The summed E-state index contributed by atoms with van der Waals surface area (Å²) in [5.41, 5.74) is 0.930. The first-order valence-corrected chi connectivity index (χ1v) is 3.84. The summed E-state index contributed by atoms with van der Waals surface area (Å²) in [4.78, 5) is 10.7. The van der Waals surface area contributed by atoms with Gasteiger partial charge in [0.05, 0.1) is 0 Å². The van der Waals surface area contributed by atoms with E-state index in [9.17, 15) is 4.79 Å². The Morgan fingerprint density at radius 1 is 1.67 bits per heavy atom. The second kappa shape index (κ2) is 2.64. The van der Waals surface area contributed by atoms with Gasteiger partial charge in [-0.3, -0.25) is 4.79 Å². The molecule has 1 nitrogen and oxygen atoms in total. The summed E-state index contributed by atoms with van der Waals surface area (Å²) >= 11 is 2.24. The molecule has 0 saturated heterocycles. The molecule has 1 aliphatic carbocycles. The summed E-state index contributed by atoms with van der Waals surface area (Å²) in [5, 5.41) is 0. The molecular formula is C7H7IO. The first-order chi connectivity index (χ1) is 4.20. The number of allylic oxidation sites excluding steroid dienone is 4. The molecule has 0 aromatic heterocycles. The van der Waals surface area contributed by atoms with Crippen LogP contribution in [0.4, 0.5) is 0 Å². The number of rotatable bonds is 1. The summed E-state index contributed by atoms with van der Waals surface area (Å²) in [5.74, 6) is 0.193. The van der Waals surface area contributed by atoms with Crippen LogP contribution in [0.2, 0.25) is 0 Å². The van der Waals surface area contributed by atoms with E-state index in [1.807, 2.05) is 12.2 Å². The van der Waals surface area contributed by atoms with Gasteiger partial charge in [-0.05, 0) is 38.7 Å².